The molecule has 5 heterocycles. The van der Waals surface area contributed by atoms with E-state index in [0.29, 0.717) is 36.9 Å². The van der Waals surface area contributed by atoms with Crippen molar-refractivity contribution in [3.8, 4) is 28.1 Å². The maximum absolute atomic E-state index is 14.3. The van der Waals surface area contributed by atoms with Gasteiger partial charge >= 0.3 is 5.97 Å². The second kappa shape index (κ2) is 15.5. The van der Waals surface area contributed by atoms with Gasteiger partial charge < -0.3 is 19.1 Å². The van der Waals surface area contributed by atoms with E-state index in [4.69, 9.17) is 14.5 Å². The lowest BCUT2D eigenvalue weighted by atomic mass is 9.84. The Balaban J connectivity index is 1.41. The number of pyridine rings is 1. The molecule has 7 rings (SSSR count). The number of hydrogen-bond donors (Lipinski definition) is 3. The summed E-state index contributed by atoms with van der Waals surface area (Å²) >= 11 is 1.96. The third-order valence-electron chi connectivity index (χ3n) is 11.0. The van der Waals surface area contributed by atoms with Crippen LogP contribution in [0.5, 0.6) is 5.75 Å². The molecule has 14 nitrogen and oxygen atoms in total. The van der Waals surface area contributed by atoms with Crippen molar-refractivity contribution in [1.82, 2.24) is 24.7 Å². The second-order valence-corrected chi connectivity index (χ2v) is 22.0. The molecule has 2 aromatic carbocycles. The van der Waals surface area contributed by atoms with Gasteiger partial charge in [0.1, 0.15) is 17.0 Å². The largest absolute Gasteiger partial charge is 0.508 e. The van der Waals surface area contributed by atoms with E-state index in [1.54, 1.807) is 19.4 Å². The molecule has 0 aliphatic carbocycles. The molecule has 57 heavy (non-hydrogen) atoms. The van der Waals surface area contributed by atoms with Crippen molar-refractivity contribution in [1.29, 1.82) is 0 Å². The van der Waals surface area contributed by atoms with Crippen LogP contribution < -0.4 is 10.1 Å². The van der Waals surface area contributed by atoms with E-state index in [1.165, 1.54) is 11.1 Å². The van der Waals surface area contributed by atoms with Crippen LogP contribution in [-0.2, 0) is 58.3 Å². The van der Waals surface area contributed by atoms with Gasteiger partial charge in [-0.15, -0.1) is 0 Å². The van der Waals surface area contributed by atoms with Gasteiger partial charge in [0.25, 0.3) is 5.91 Å². The lowest BCUT2D eigenvalue weighted by Gasteiger charge is -2.40. The lowest BCUT2D eigenvalue weighted by Crippen LogP contribution is -2.65. The highest BCUT2D eigenvalue weighted by Gasteiger charge is 2.47. The summed E-state index contributed by atoms with van der Waals surface area (Å²) in [4.78, 5) is 33.0. The number of hydrogen-bond acceptors (Lipinski definition) is 11. The molecule has 2 saturated heterocycles. The quantitative estimate of drug-likeness (QED) is 0.1000. The summed E-state index contributed by atoms with van der Waals surface area (Å²) < 4.78 is 66.2. The minimum Gasteiger partial charge on any atom is -0.508 e. The molecule has 306 valence electrons. The molecular weight excluding hydrogens is 886 g/mol. The number of nitrogens with one attached hydrogen (secondary N) is 2. The first-order chi connectivity index (χ1) is 26.8. The van der Waals surface area contributed by atoms with Crippen LogP contribution in [0.25, 0.3) is 33.3 Å². The summed E-state index contributed by atoms with van der Waals surface area (Å²) in [5.41, 5.74) is 9.04. The third kappa shape index (κ3) is 8.32. The fourth-order valence-corrected chi connectivity index (χ4v) is 13.4. The number of aromatic nitrogens is 2. The van der Waals surface area contributed by atoms with Crippen LogP contribution in [0.3, 0.4) is 0 Å². The molecule has 17 heteroatoms. The number of alkyl halides is 1. The zero-order valence-electron chi connectivity index (χ0n) is 32.5. The maximum Gasteiger partial charge on any atom is 0.338 e. The molecular formula is C40H48IN5O9S2. The number of amides is 1. The number of sulfone groups is 1. The highest BCUT2D eigenvalue weighted by atomic mass is 127. The Morgan fingerprint density at radius 1 is 1.14 bits per heavy atom. The Bertz CT molecular complexity index is 2460. The number of rotatable bonds is 7. The molecule has 6 bridgehead atoms. The number of carbonyl (C=O) groups excluding carboxylic acids is 2. The Labute approximate surface area is 346 Å². The number of esters is 1. The van der Waals surface area contributed by atoms with Crippen LogP contribution in [0.4, 0.5) is 0 Å². The Hall–Kier alpha value is -3.62. The molecule has 0 unspecified atom stereocenters. The highest BCUT2D eigenvalue weighted by molar-refractivity contribution is 14.1. The molecule has 1 amide bonds. The van der Waals surface area contributed by atoms with E-state index < -0.39 is 63.5 Å². The van der Waals surface area contributed by atoms with Crippen LogP contribution in [0.2, 0.25) is 0 Å². The average molecular weight is 934 g/mol. The first-order valence-corrected chi connectivity index (χ1v) is 23.4. The number of phenols is 1. The molecule has 3 aliphatic heterocycles. The van der Waals surface area contributed by atoms with Crippen molar-refractivity contribution in [3.05, 3.63) is 71.5 Å². The Kier molecular flexibility index (Phi) is 11.3. The number of nitrogens with zero attached hydrogens (tertiary/aromatic N) is 3. The van der Waals surface area contributed by atoms with E-state index in [1.807, 2.05) is 73.7 Å². The monoisotopic (exact) mass is 933 g/mol. The fourth-order valence-electron chi connectivity index (χ4n) is 8.05. The molecule has 3 aliphatic rings. The summed E-state index contributed by atoms with van der Waals surface area (Å²) in [5, 5.41) is 12.1. The van der Waals surface area contributed by atoms with Crippen LogP contribution in [0.15, 0.2) is 54.7 Å². The molecule has 0 radical (unpaired) electrons. The Morgan fingerprint density at radius 2 is 1.89 bits per heavy atom. The van der Waals surface area contributed by atoms with Crippen molar-refractivity contribution in [2.45, 2.75) is 80.9 Å². The number of aryl methyl sites for hydroxylation is 1. The predicted molar refractivity (Wildman–Crippen MR) is 225 cm³/mol. The van der Waals surface area contributed by atoms with Crippen molar-refractivity contribution in [3.63, 3.8) is 0 Å². The smallest absolute Gasteiger partial charge is 0.338 e. The third-order valence-corrected chi connectivity index (χ3v) is 16.3. The SMILES string of the molecule is CCn1c(-c2cccnc2[C@H](C)OC)c2c3cc(ccc31)-c1cc(O)cc(c1)C[C@H](NS(=O)(=O)C1CS(=O)(=O)C1)C(=O)N1CCC[C@@](I)(N1)C(=O)OCC(C)(C)C2. The van der Waals surface area contributed by atoms with Crippen molar-refractivity contribution in [2.75, 3.05) is 31.8 Å². The number of sulfonamides is 1. The topological polar surface area (TPSA) is 186 Å². The number of phenolic OH excluding ortho intramolecular Hbond substituents is 1. The van der Waals surface area contributed by atoms with Gasteiger partial charge in [0.2, 0.25) is 10.0 Å². The summed E-state index contributed by atoms with van der Waals surface area (Å²) in [6.07, 6.45) is 2.57. The number of ether oxygens (including phenoxy) is 2. The van der Waals surface area contributed by atoms with Crippen molar-refractivity contribution >= 4 is 65.2 Å². The van der Waals surface area contributed by atoms with Gasteiger partial charge in [-0.05, 0) is 121 Å². The van der Waals surface area contributed by atoms with Crippen LogP contribution in [0, 0.1) is 5.41 Å². The molecule has 3 N–H and O–H groups in total. The summed E-state index contributed by atoms with van der Waals surface area (Å²) in [7, 11) is -6.11. The van der Waals surface area contributed by atoms with Gasteiger partial charge in [-0.1, -0.05) is 26.0 Å². The summed E-state index contributed by atoms with van der Waals surface area (Å²) in [6, 6.07) is 13.6. The van der Waals surface area contributed by atoms with Crippen molar-refractivity contribution in [2.24, 2.45) is 5.41 Å². The van der Waals surface area contributed by atoms with Crippen LogP contribution in [0.1, 0.15) is 63.5 Å². The van der Waals surface area contributed by atoms with E-state index in [-0.39, 0.29) is 31.4 Å². The predicted octanol–water partition coefficient (Wildman–Crippen LogP) is 4.81. The maximum atomic E-state index is 14.3. The summed E-state index contributed by atoms with van der Waals surface area (Å²) in [5.74, 6) is -2.38. The van der Waals surface area contributed by atoms with E-state index in [0.717, 1.165) is 39.0 Å². The number of cyclic esters (lactones) is 1. The van der Waals surface area contributed by atoms with Crippen molar-refractivity contribution < 1.29 is 41.0 Å². The van der Waals surface area contributed by atoms with Gasteiger partial charge in [0.05, 0.1) is 35.6 Å². The van der Waals surface area contributed by atoms with Gasteiger partial charge in [0.15, 0.2) is 13.4 Å². The van der Waals surface area contributed by atoms with Crippen LogP contribution >= 0.6 is 22.6 Å². The molecule has 2 aromatic heterocycles. The first-order valence-electron chi connectivity index (χ1n) is 19.0. The first kappa shape index (κ1) is 41.5. The normalized spacial score (nSPS) is 23.4. The minimum atomic E-state index is -4.27. The standard InChI is InChI=1S/C40H48IN5O9S2/c1-6-45-34-11-10-26-19-31(34)32(36(45)30-9-7-13-42-35(30)24(2)54-5)20-39(3,4)23-55-38(49)40(41)12-8-14-46(44-40)37(48)33(17-25-15-27(26)18-28(47)16-25)43-57(52,53)29-21-56(50,51)22-29/h7,9-11,13,15-16,18-19,24,29,33,43-44,47H,6,8,12,14,17,20-23H2,1-5H3/t24-,33-,40+/m0/s1. The lowest BCUT2D eigenvalue weighted by molar-refractivity contribution is -0.156. The van der Waals surface area contributed by atoms with Gasteiger partial charge in [-0.25, -0.2) is 31.8 Å². The number of fused-ring (bicyclic) bond motifs is 6. The van der Waals surface area contributed by atoms with E-state index in [9.17, 15) is 31.5 Å². The summed E-state index contributed by atoms with van der Waals surface area (Å²) in [6.45, 7) is 9.01. The van der Waals surface area contributed by atoms with E-state index in [2.05, 4.69) is 27.7 Å². The number of hydrazine groups is 1. The highest BCUT2D eigenvalue weighted by Crippen LogP contribution is 2.42. The van der Waals surface area contributed by atoms with E-state index >= 15 is 0 Å². The number of benzene rings is 2. The minimum absolute atomic E-state index is 0.0567. The molecule has 0 spiro atoms. The van der Waals surface area contributed by atoms with Gasteiger partial charge in [0, 0.05) is 48.3 Å². The second-order valence-electron chi connectivity index (χ2n) is 16.0. The molecule has 3 atom stereocenters. The molecule has 4 aromatic rings. The number of methoxy groups -OCH3 is 1. The Morgan fingerprint density at radius 3 is 2.60 bits per heavy atom. The zero-order chi connectivity index (χ0) is 41.1. The number of halogens is 1. The number of carbonyl (C=O) groups is 2. The average Bonchev–Trinajstić information content (AvgIpc) is 3.45. The zero-order valence-corrected chi connectivity index (χ0v) is 36.3. The fraction of sp³-hybridized carbons (Fsp3) is 0.475. The molecule has 0 saturated carbocycles. The van der Waals surface area contributed by atoms with Gasteiger partial charge in [-0.2, -0.15) is 0 Å². The molecule has 2 fully saturated rings. The number of aromatic hydroxyl groups is 1. The van der Waals surface area contributed by atoms with Crippen LogP contribution in [-0.4, -0.2) is 95.0 Å². The van der Waals surface area contributed by atoms with Gasteiger partial charge in [-0.3, -0.25) is 14.8 Å².